The van der Waals surface area contributed by atoms with Gasteiger partial charge < -0.3 is 21.1 Å². The summed E-state index contributed by atoms with van der Waals surface area (Å²) in [5, 5.41) is 30.0. The Morgan fingerprint density at radius 3 is 2.83 bits per heavy atom. The van der Waals surface area contributed by atoms with Crippen LogP contribution in [-0.2, 0) is 4.79 Å². The molecule has 0 saturated carbocycles. The van der Waals surface area contributed by atoms with E-state index in [0.717, 1.165) is 0 Å². The first-order valence-corrected chi connectivity index (χ1v) is 5.25. The second-order valence-corrected chi connectivity index (χ2v) is 3.89. The lowest BCUT2D eigenvalue weighted by atomic mass is 10.1. The number of hydrogen-bond donors (Lipinski definition) is 5. The summed E-state index contributed by atoms with van der Waals surface area (Å²) in [6.07, 6.45) is -2.33. The van der Waals surface area contributed by atoms with Crippen LogP contribution < -0.4 is 11.1 Å². The van der Waals surface area contributed by atoms with Gasteiger partial charge in [-0.05, 0) is 0 Å². The zero-order chi connectivity index (χ0) is 13.3. The Balaban J connectivity index is 2.22. The van der Waals surface area contributed by atoms with E-state index in [4.69, 9.17) is 10.8 Å². The van der Waals surface area contributed by atoms with E-state index in [1.807, 2.05) is 0 Å². The molecule has 0 aliphatic carbocycles. The van der Waals surface area contributed by atoms with Gasteiger partial charge in [0, 0.05) is 6.21 Å². The number of amides is 1. The van der Waals surface area contributed by atoms with Crippen LogP contribution in [0.3, 0.4) is 0 Å². The molecule has 18 heavy (non-hydrogen) atoms. The van der Waals surface area contributed by atoms with Crippen LogP contribution in [0.5, 0.6) is 0 Å². The Morgan fingerprint density at radius 2 is 2.17 bits per heavy atom. The fourth-order valence-corrected chi connectivity index (χ4v) is 1.62. The number of hydrogen-bond acceptors (Lipinski definition) is 8. The maximum Gasteiger partial charge on any atom is 0.255 e. The summed E-state index contributed by atoms with van der Waals surface area (Å²) in [6, 6.07) is -0.919. The van der Waals surface area contributed by atoms with E-state index < -0.39 is 36.9 Å². The number of carbonyl (C=O) groups excluding carboxylic acids is 1. The molecule has 2 heterocycles. The summed E-state index contributed by atoms with van der Waals surface area (Å²) in [6.45, 7) is -0.626. The van der Waals surface area contributed by atoms with E-state index in [2.05, 4.69) is 20.3 Å². The van der Waals surface area contributed by atoms with Crippen molar-refractivity contribution in [1.29, 1.82) is 0 Å². The lowest BCUT2D eigenvalue weighted by Gasteiger charge is -2.27. The van der Waals surface area contributed by atoms with Crippen molar-refractivity contribution in [3.63, 3.8) is 0 Å². The molecule has 1 amide bonds. The molecule has 0 aromatic rings. The highest BCUT2D eigenvalue weighted by molar-refractivity contribution is 6.33. The van der Waals surface area contributed by atoms with Crippen molar-refractivity contribution in [2.45, 2.75) is 24.4 Å². The quantitative estimate of drug-likeness (QED) is 0.352. The number of nitrogens with one attached hydrogen (secondary N) is 1. The first-order chi connectivity index (χ1) is 8.52. The van der Waals surface area contributed by atoms with Gasteiger partial charge >= 0.3 is 0 Å². The van der Waals surface area contributed by atoms with Gasteiger partial charge in [-0.1, -0.05) is 0 Å². The van der Waals surface area contributed by atoms with Gasteiger partial charge in [0.15, 0.2) is 18.2 Å². The van der Waals surface area contributed by atoms with Crippen molar-refractivity contribution in [1.82, 2.24) is 5.32 Å². The van der Waals surface area contributed by atoms with Crippen molar-refractivity contribution in [2.24, 2.45) is 20.7 Å². The van der Waals surface area contributed by atoms with Crippen LogP contribution in [0.2, 0.25) is 0 Å². The molecule has 98 valence electrons. The number of aliphatic hydroxyl groups excluding tert-OH is 3. The van der Waals surface area contributed by atoms with Crippen molar-refractivity contribution in [3.8, 4) is 0 Å². The van der Waals surface area contributed by atoms with Crippen molar-refractivity contribution >= 4 is 23.8 Å². The summed E-state index contributed by atoms with van der Waals surface area (Å²) >= 11 is 0. The van der Waals surface area contributed by atoms with Crippen LogP contribution in [0.15, 0.2) is 15.0 Å². The predicted molar refractivity (Wildman–Crippen MR) is 62.4 cm³/mol. The first kappa shape index (κ1) is 12.6. The number of rotatable bonds is 3. The number of carbonyl (C=O) groups is 1. The minimum Gasteiger partial charge on any atom is -0.394 e. The maximum absolute atomic E-state index is 11.6. The molecule has 4 unspecified atom stereocenters. The van der Waals surface area contributed by atoms with Crippen LogP contribution >= 0.6 is 0 Å². The van der Waals surface area contributed by atoms with E-state index in [1.54, 1.807) is 0 Å². The summed E-state index contributed by atoms with van der Waals surface area (Å²) in [5.41, 5.74) is 5.39. The molecule has 0 fully saturated rings. The molecule has 0 aromatic carbocycles. The van der Waals surface area contributed by atoms with Crippen molar-refractivity contribution in [3.05, 3.63) is 0 Å². The number of guanidine groups is 1. The molecule has 2 rings (SSSR count). The minimum atomic E-state index is -1.41. The van der Waals surface area contributed by atoms with Crippen LogP contribution in [0.1, 0.15) is 0 Å². The van der Waals surface area contributed by atoms with Crippen LogP contribution in [0.4, 0.5) is 0 Å². The van der Waals surface area contributed by atoms with Crippen LogP contribution in [-0.4, -0.2) is 70.1 Å². The molecule has 0 bridgehead atoms. The lowest BCUT2D eigenvalue weighted by molar-refractivity contribution is -0.121. The zero-order valence-corrected chi connectivity index (χ0v) is 9.26. The summed E-state index contributed by atoms with van der Waals surface area (Å²) < 4.78 is 0. The molecule has 0 aromatic heterocycles. The third-order valence-corrected chi connectivity index (χ3v) is 2.58. The van der Waals surface area contributed by atoms with E-state index in [0.29, 0.717) is 0 Å². The van der Waals surface area contributed by atoms with Gasteiger partial charge in [0.05, 0.1) is 12.3 Å². The Morgan fingerprint density at radius 1 is 1.44 bits per heavy atom. The highest BCUT2D eigenvalue weighted by Crippen LogP contribution is 2.14. The zero-order valence-electron chi connectivity index (χ0n) is 9.26. The fourth-order valence-electron chi connectivity index (χ4n) is 1.62. The minimum absolute atomic E-state index is 0.0172. The second kappa shape index (κ2) is 4.80. The maximum atomic E-state index is 11.6. The number of fused-ring (bicyclic) bond motifs is 1. The van der Waals surface area contributed by atoms with Crippen LogP contribution in [0.25, 0.3) is 0 Å². The van der Waals surface area contributed by atoms with Crippen molar-refractivity contribution < 1.29 is 20.1 Å². The van der Waals surface area contributed by atoms with Gasteiger partial charge in [-0.2, -0.15) is 0 Å². The molecule has 0 radical (unpaired) electrons. The summed E-state index contributed by atoms with van der Waals surface area (Å²) in [7, 11) is 0. The molecule has 9 heteroatoms. The van der Waals surface area contributed by atoms with Gasteiger partial charge in [-0.25, -0.2) is 4.99 Å². The lowest BCUT2D eigenvalue weighted by Crippen LogP contribution is -2.53. The number of nitrogens with zero attached hydrogens (tertiary/aromatic N) is 3. The van der Waals surface area contributed by atoms with E-state index in [1.165, 1.54) is 6.21 Å². The molecule has 4 atom stereocenters. The molecule has 2 aliphatic heterocycles. The van der Waals surface area contributed by atoms with Gasteiger partial charge in [-0.3, -0.25) is 20.1 Å². The van der Waals surface area contributed by atoms with Crippen molar-refractivity contribution in [2.75, 3.05) is 6.61 Å². The van der Waals surface area contributed by atoms with E-state index in [9.17, 15) is 15.0 Å². The average Bonchev–Trinajstić information content (AvgIpc) is 2.36. The third-order valence-electron chi connectivity index (χ3n) is 2.58. The van der Waals surface area contributed by atoms with Gasteiger partial charge in [0.25, 0.3) is 5.91 Å². The van der Waals surface area contributed by atoms with E-state index in [-0.39, 0.29) is 11.7 Å². The van der Waals surface area contributed by atoms with Gasteiger partial charge in [-0.15, -0.1) is 0 Å². The number of aliphatic hydroxyl groups is 3. The smallest absolute Gasteiger partial charge is 0.255 e. The molecular weight excluding hydrogens is 242 g/mol. The monoisotopic (exact) mass is 255 g/mol. The normalized spacial score (nSPS) is 29.8. The molecule has 6 N–H and O–H groups in total. The van der Waals surface area contributed by atoms with Gasteiger partial charge in [0.2, 0.25) is 0 Å². The summed E-state index contributed by atoms with van der Waals surface area (Å²) in [4.78, 5) is 23.4. The molecule has 0 saturated heterocycles. The van der Waals surface area contributed by atoms with Gasteiger partial charge in [0.1, 0.15) is 12.2 Å². The molecule has 0 spiro atoms. The first-order valence-electron chi connectivity index (χ1n) is 5.25. The predicted octanol–water partition coefficient (Wildman–Crippen LogP) is -3.63. The Kier molecular flexibility index (Phi) is 3.36. The SMILES string of the molecule is NC1=NC2N=CC(C(O)C(O)CO)=NC2C(=O)N1. The topological polar surface area (TPSA) is 153 Å². The Hall–Kier alpha value is -1.84. The summed E-state index contributed by atoms with van der Waals surface area (Å²) in [5.74, 6) is -0.513. The molecule has 2 aliphatic rings. The number of nitrogens with two attached hydrogens (primary N) is 1. The standard InChI is InChI=1S/C9H13N5O4/c10-9-13-7-5(8(18)14-9)12-3(1-11-7)6(17)4(16)2-15/h1,4-7,15-17H,2H2,(H3,10,13,14,18). The highest BCUT2D eigenvalue weighted by atomic mass is 16.4. The molecule has 9 nitrogen and oxygen atoms in total. The highest BCUT2D eigenvalue weighted by Gasteiger charge is 2.36. The molecular formula is C9H13N5O4. The number of aliphatic imine (C=N–C) groups is 3. The average molecular weight is 255 g/mol. The third kappa shape index (κ3) is 2.23. The fraction of sp³-hybridized carbons (Fsp3) is 0.556. The van der Waals surface area contributed by atoms with Crippen LogP contribution in [0, 0.1) is 0 Å². The Labute approximate surface area is 102 Å². The second-order valence-electron chi connectivity index (χ2n) is 3.89. The van der Waals surface area contributed by atoms with E-state index >= 15 is 0 Å². The Bertz CT molecular complexity index is 446. The largest absolute Gasteiger partial charge is 0.394 e.